The summed E-state index contributed by atoms with van der Waals surface area (Å²) in [5.74, 6) is 0. The van der Waals surface area contributed by atoms with E-state index in [1.165, 1.54) is 0 Å². The first-order valence-corrected chi connectivity index (χ1v) is 0.595. The number of hydrogen-bond donors (Lipinski definition) is 0. The van der Waals surface area contributed by atoms with Crippen LogP contribution in [0, 0.1) is 35.6 Å². The molecule has 0 spiro atoms. The Kier molecular flexibility index (Phi) is 122. The van der Waals surface area contributed by atoms with Gasteiger partial charge in [0.2, 0.25) is 0 Å². The molecule has 0 heterocycles. The van der Waals surface area contributed by atoms with Crippen molar-refractivity contribution in [3.05, 3.63) is 0 Å². The van der Waals surface area contributed by atoms with Gasteiger partial charge in [0, 0.05) is 52.4 Å². The molecule has 0 bridgehead atoms. The van der Waals surface area contributed by atoms with E-state index >= 15 is 0 Å². The first kappa shape index (κ1) is 23.6. The van der Waals surface area contributed by atoms with Gasteiger partial charge in [-0.1, -0.05) is 0 Å². The van der Waals surface area contributed by atoms with E-state index in [9.17, 15) is 0 Å². The molecule has 0 fully saturated rings. The quantitative estimate of drug-likeness (QED) is 0.505. The van der Waals surface area contributed by atoms with Gasteiger partial charge in [-0.25, -0.2) is 0 Å². The third kappa shape index (κ3) is 18.5. The summed E-state index contributed by atoms with van der Waals surface area (Å²) in [6.45, 7) is 0. The second-order valence-corrected chi connectivity index (χ2v) is 0. The summed E-state index contributed by atoms with van der Waals surface area (Å²) < 4.78 is 8.00. The Labute approximate surface area is 114 Å². The van der Waals surface area contributed by atoms with Gasteiger partial charge in [0.25, 0.3) is 0 Å². The summed E-state index contributed by atoms with van der Waals surface area (Å²) in [4.78, 5) is 0. The van der Waals surface area contributed by atoms with Crippen molar-refractivity contribution in [2.45, 2.75) is 0 Å². The molecule has 0 unspecified atom stereocenters. The first-order valence-electron chi connectivity index (χ1n) is 0.144. The SMILES string of the molecule is [Co].[La].[O]=[Fe].[SrH2]. The maximum absolute atomic E-state index is 8.00. The van der Waals surface area contributed by atoms with E-state index < -0.39 is 0 Å². The van der Waals surface area contributed by atoms with Crippen molar-refractivity contribution in [3.8, 4) is 0 Å². The van der Waals surface area contributed by atoms with E-state index in [1.807, 2.05) is 15.9 Å². The fraction of sp³-hybridized carbons (Fsp3) is 0. The first-order chi connectivity index (χ1) is 1.00. The molecule has 1 nitrogen and oxygen atoms in total. The number of hydrogen-bond acceptors (Lipinski definition) is 1. The fourth-order valence-electron chi connectivity index (χ4n) is 0. The maximum atomic E-state index is 8.00. The molecular formula is H2CoFeLaOSr. The monoisotopic (exact) mass is 360 g/mol. The Balaban J connectivity index is -0.00000000167. The van der Waals surface area contributed by atoms with E-state index in [-0.39, 0.29) is 97.9 Å². The molecule has 0 saturated heterocycles. The van der Waals surface area contributed by atoms with Crippen molar-refractivity contribution in [3.63, 3.8) is 0 Å². The third-order valence-corrected chi connectivity index (χ3v) is 0. The molecule has 5 heteroatoms. The predicted molar refractivity (Wildman–Crippen MR) is 9.23 cm³/mol. The molecule has 0 aliphatic heterocycles. The molecule has 0 saturated carbocycles. The van der Waals surface area contributed by atoms with Crippen LogP contribution in [0.25, 0.3) is 0 Å². The van der Waals surface area contributed by atoms with Crippen molar-refractivity contribution in [1.82, 2.24) is 0 Å². The molecule has 2 radical (unpaired) electrons. The standard InChI is InChI=1S/Co.Fe.La.O.Sr.2H. The normalized spacial score (nSPS) is 1.00. The van der Waals surface area contributed by atoms with Crippen LogP contribution in [-0.4, -0.2) is 45.5 Å². The van der Waals surface area contributed by atoms with Crippen molar-refractivity contribution in [1.29, 1.82) is 0 Å². The number of rotatable bonds is 0. The molecule has 30 valence electrons. The van der Waals surface area contributed by atoms with Gasteiger partial charge in [0.05, 0.1) is 0 Å². The minimum atomic E-state index is 0. The molecule has 0 aliphatic rings. The van der Waals surface area contributed by atoms with Gasteiger partial charge in [0.1, 0.15) is 0 Å². The van der Waals surface area contributed by atoms with Gasteiger partial charge in [0.15, 0.2) is 0 Å². The molecule has 0 atom stereocenters. The zero-order valence-corrected chi connectivity index (χ0v) is 7.44. The molecule has 5 heavy (non-hydrogen) atoms. The van der Waals surface area contributed by atoms with Crippen molar-refractivity contribution < 1.29 is 72.2 Å². The van der Waals surface area contributed by atoms with E-state index in [2.05, 4.69) is 0 Å². The molecule has 0 aliphatic carbocycles. The van der Waals surface area contributed by atoms with E-state index in [0.717, 1.165) is 0 Å². The third-order valence-electron chi connectivity index (χ3n) is 0. The Hall–Kier alpha value is 3.50. The summed E-state index contributed by atoms with van der Waals surface area (Å²) in [5, 5.41) is 0. The average Bonchev–Trinajstić information content (AvgIpc) is 1.00. The van der Waals surface area contributed by atoms with Crippen LogP contribution in [0.2, 0.25) is 0 Å². The molecule has 0 N–H and O–H groups in total. The summed E-state index contributed by atoms with van der Waals surface area (Å²) in [5.41, 5.74) is 0. The minimum absolute atomic E-state index is 0. The van der Waals surface area contributed by atoms with Crippen molar-refractivity contribution >= 4 is 45.5 Å². The van der Waals surface area contributed by atoms with E-state index in [1.54, 1.807) is 0 Å². The summed E-state index contributed by atoms with van der Waals surface area (Å²) >= 11 is 2.00. The summed E-state index contributed by atoms with van der Waals surface area (Å²) in [7, 11) is 0. The van der Waals surface area contributed by atoms with Gasteiger partial charge in [-0.05, 0) is 0 Å². The molecule has 0 amide bonds. The second-order valence-electron chi connectivity index (χ2n) is 0. The van der Waals surface area contributed by atoms with E-state index in [4.69, 9.17) is 3.83 Å². The Morgan fingerprint density at radius 3 is 1.20 bits per heavy atom. The van der Waals surface area contributed by atoms with Gasteiger partial charge >= 0.3 is 65.3 Å². The zero-order chi connectivity index (χ0) is 2.00. The van der Waals surface area contributed by atoms with Crippen molar-refractivity contribution in [2.75, 3.05) is 0 Å². The van der Waals surface area contributed by atoms with Crippen LogP contribution in [0.5, 0.6) is 0 Å². The summed E-state index contributed by atoms with van der Waals surface area (Å²) in [6.07, 6.45) is 0. The Morgan fingerprint density at radius 2 is 1.20 bits per heavy atom. The molecule has 0 aromatic rings. The molecule has 0 rings (SSSR count). The van der Waals surface area contributed by atoms with E-state index in [0.29, 0.717) is 0 Å². The molecule has 0 aromatic carbocycles. The van der Waals surface area contributed by atoms with Crippen LogP contribution >= 0.6 is 0 Å². The van der Waals surface area contributed by atoms with Gasteiger partial charge in [-0.2, -0.15) is 0 Å². The van der Waals surface area contributed by atoms with Crippen molar-refractivity contribution in [2.24, 2.45) is 0 Å². The Morgan fingerprint density at radius 1 is 1.20 bits per heavy atom. The van der Waals surface area contributed by atoms with Crippen LogP contribution in [0.1, 0.15) is 0 Å². The predicted octanol–water partition coefficient (Wildman–Crippen LogP) is -1.04. The molecular weight excluding hydrogens is 357 g/mol. The van der Waals surface area contributed by atoms with Gasteiger partial charge in [-0.3, -0.25) is 0 Å². The zero-order valence-electron chi connectivity index (χ0n) is 1.67. The van der Waals surface area contributed by atoms with Crippen LogP contribution in [0.4, 0.5) is 0 Å². The second kappa shape index (κ2) is 25.9. The van der Waals surface area contributed by atoms with Gasteiger partial charge in [-0.15, -0.1) is 0 Å². The Bertz CT molecular complexity index is 11.6. The van der Waals surface area contributed by atoms with Crippen LogP contribution in [0.15, 0.2) is 0 Å². The topological polar surface area (TPSA) is 17.1 Å². The van der Waals surface area contributed by atoms with Crippen LogP contribution < -0.4 is 0 Å². The van der Waals surface area contributed by atoms with Crippen LogP contribution in [-0.2, 0) is 36.6 Å². The average molecular weight is 359 g/mol. The van der Waals surface area contributed by atoms with Crippen LogP contribution in [0.3, 0.4) is 0 Å². The van der Waals surface area contributed by atoms with Gasteiger partial charge < -0.3 is 0 Å². The summed E-state index contributed by atoms with van der Waals surface area (Å²) in [6, 6.07) is 0. The fourth-order valence-corrected chi connectivity index (χ4v) is 0. The molecule has 0 aromatic heterocycles.